The second kappa shape index (κ2) is 7.18. The molecular formula is C26H42N2O4. The van der Waals surface area contributed by atoms with E-state index in [9.17, 15) is 19.8 Å². The van der Waals surface area contributed by atoms with Crippen molar-refractivity contribution in [2.75, 3.05) is 0 Å². The molecule has 5 aliphatic carbocycles. The van der Waals surface area contributed by atoms with E-state index >= 15 is 0 Å². The number of carbonyl (C=O) groups is 2. The second-order valence-corrected chi connectivity index (χ2v) is 12.8. The summed E-state index contributed by atoms with van der Waals surface area (Å²) in [5, 5.41) is 28.3. The molecule has 4 N–H and O–H groups in total. The van der Waals surface area contributed by atoms with Crippen molar-refractivity contribution in [1.82, 2.24) is 10.6 Å². The van der Waals surface area contributed by atoms with Crippen molar-refractivity contribution in [1.29, 1.82) is 0 Å². The van der Waals surface area contributed by atoms with Crippen molar-refractivity contribution in [3.8, 4) is 0 Å². The average Bonchev–Trinajstić information content (AvgIpc) is 3.29. The third-order valence-corrected chi connectivity index (χ3v) is 11.5. The Morgan fingerprint density at radius 1 is 0.688 bits per heavy atom. The zero-order valence-electron chi connectivity index (χ0n) is 20.2. The number of nitrogens with one attached hydrogen (secondary N) is 2. The Morgan fingerprint density at radius 2 is 1.06 bits per heavy atom. The highest BCUT2D eigenvalue weighted by Gasteiger charge is 2.69. The zero-order chi connectivity index (χ0) is 23.1. The molecule has 4 bridgehead atoms. The predicted molar refractivity (Wildman–Crippen MR) is 121 cm³/mol. The van der Waals surface area contributed by atoms with E-state index in [2.05, 4.69) is 38.3 Å². The Bertz CT molecular complexity index is 744. The van der Waals surface area contributed by atoms with Gasteiger partial charge in [-0.1, -0.05) is 40.5 Å². The molecule has 5 fully saturated rings. The van der Waals surface area contributed by atoms with E-state index in [1.165, 1.54) is 0 Å². The number of rotatable bonds is 4. The topological polar surface area (TPSA) is 98.7 Å². The second-order valence-electron chi connectivity index (χ2n) is 12.8. The van der Waals surface area contributed by atoms with E-state index in [1.54, 1.807) is 0 Å². The largest absolute Gasteiger partial charge is 0.392 e. The summed E-state index contributed by atoms with van der Waals surface area (Å²) in [5.74, 6) is 0.735. The Kier molecular flexibility index (Phi) is 5.08. The average molecular weight is 447 g/mol. The van der Waals surface area contributed by atoms with Crippen LogP contribution >= 0.6 is 0 Å². The van der Waals surface area contributed by atoms with Crippen LogP contribution in [0.25, 0.3) is 0 Å². The minimum atomic E-state index is -0.718. The maximum absolute atomic E-state index is 13.7. The molecule has 6 heteroatoms. The lowest BCUT2D eigenvalue weighted by atomic mass is 9.67. The van der Waals surface area contributed by atoms with Gasteiger partial charge in [0.05, 0.1) is 23.0 Å². The molecule has 8 unspecified atom stereocenters. The molecule has 0 aromatic rings. The van der Waals surface area contributed by atoms with Gasteiger partial charge in [-0.15, -0.1) is 0 Å². The molecule has 5 rings (SSSR count). The van der Waals surface area contributed by atoms with E-state index in [4.69, 9.17) is 0 Å². The molecule has 180 valence electrons. The third-order valence-electron chi connectivity index (χ3n) is 11.5. The Labute approximate surface area is 192 Å². The van der Waals surface area contributed by atoms with E-state index in [-0.39, 0.29) is 34.7 Å². The number of aliphatic hydroxyl groups excluding tert-OH is 2. The number of hydrogen-bond donors (Lipinski definition) is 4. The fraction of sp³-hybridized carbons (Fsp3) is 0.923. The van der Waals surface area contributed by atoms with Gasteiger partial charge in [0.15, 0.2) is 0 Å². The van der Waals surface area contributed by atoms with Gasteiger partial charge >= 0.3 is 0 Å². The summed E-state index contributed by atoms with van der Waals surface area (Å²) in [6.07, 6.45) is 7.47. The molecule has 0 aromatic heterocycles. The number of aliphatic hydroxyl groups is 2. The van der Waals surface area contributed by atoms with E-state index in [0.717, 1.165) is 51.4 Å². The molecule has 0 aliphatic heterocycles. The monoisotopic (exact) mass is 446 g/mol. The van der Waals surface area contributed by atoms with Crippen molar-refractivity contribution in [3.63, 3.8) is 0 Å². The standard InChI is InChI=1S/C26H42N2O4/c1-23(2)15-9-11-25(23,19(29)13-15)21(31)27-17-7-5-6-8-18(17)28-22(32)26-12-10-16(14-20(26)30)24(26,3)4/h15-20,29-30H,5-14H2,1-4H3,(H,27,31)(H,28,32). The lowest BCUT2D eigenvalue weighted by molar-refractivity contribution is -0.147. The molecule has 0 spiro atoms. The van der Waals surface area contributed by atoms with Crippen LogP contribution in [0.15, 0.2) is 0 Å². The summed E-state index contributed by atoms with van der Waals surface area (Å²) in [6, 6.07) is -0.236. The van der Waals surface area contributed by atoms with Crippen LogP contribution < -0.4 is 10.6 Å². The summed E-state index contributed by atoms with van der Waals surface area (Å²) >= 11 is 0. The first-order valence-electron chi connectivity index (χ1n) is 13.0. The molecule has 32 heavy (non-hydrogen) atoms. The Hall–Kier alpha value is -1.14. The highest BCUT2D eigenvalue weighted by atomic mass is 16.3. The summed E-state index contributed by atoms with van der Waals surface area (Å²) in [7, 11) is 0. The molecule has 0 radical (unpaired) electrons. The van der Waals surface area contributed by atoms with Crippen molar-refractivity contribution >= 4 is 11.8 Å². The van der Waals surface area contributed by atoms with E-state index in [0.29, 0.717) is 24.7 Å². The lowest BCUT2D eigenvalue weighted by Gasteiger charge is -2.43. The van der Waals surface area contributed by atoms with Gasteiger partial charge in [0.25, 0.3) is 0 Å². The Balaban J connectivity index is 1.33. The molecule has 2 amide bonds. The van der Waals surface area contributed by atoms with Gasteiger partial charge in [-0.05, 0) is 74.0 Å². The van der Waals surface area contributed by atoms with Gasteiger partial charge in [0.2, 0.25) is 11.8 Å². The lowest BCUT2D eigenvalue weighted by Crippen LogP contribution is -2.61. The van der Waals surface area contributed by atoms with Crippen LogP contribution in [0.4, 0.5) is 0 Å². The minimum Gasteiger partial charge on any atom is -0.392 e. The molecule has 8 atom stereocenters. The SMILES string of the molecule is CC1(C)C2CCC1(C(=O)NC1CCCCC1NC(=O)C13CCC(CC1O)C3(C)C)C(O)C2. The summed E-state index contributed by atoms with van der Waals surface area (Å²) in [6.45, 7) is 8.55. The zero-order valence-corrected chi connectivity index (χ0v) is 20.2. The normalized spacial score (nSPS) is 48.1. The van der Waals surface area contributed by atoms with Crippen molar-refractivity contribution in [3.05, 3.63) is 0 Å². The highest BCUT2D eigenvalue weighted by molar-refractivity contribution is 5.87. The van der Waals surface area contributed by atoms with Crippen molar-refractivity contribution < 1.29 is 19.8 Å². The summed E-state index contributed by atoms with van der Waals surface area (Å²) in [4.78, 5) is 27.3. The maximum Gasteiger partial charge on any atom is 0.229 e. The highest BCUT2D eigenvalue weighted by Crippen LogP contribution is 2.67. The van der Waals surface area contributed by atoms with Gasteiger partial charge in [-0.25, -0.2) is 0 Å². The number of hydrogen-bond acceptors (Lipinski definition) is 4. The maximum atomic E-state index is 13.7. The van der Waals surface area contributed by atoms with Crippen molar-refractivity contribution in [2.45, 2.75) is 116 Å². The van der Waals surface area contributed by atoms with Crippen LogP contribution in [0.1, 0.15) is 91.9 Å². The number of amides is 2. The Morgan fingerprint density at radius 3 is 1.34 bits per heavy atom. The first-order valence-corrected chi connectivity index (χ1v) is 13.0. The molecule has 0 aromatic carbocycles. The summed E-state index contributed by atoms with van der Waals surface area (Å²) in [5.41, 5.74) is -1.85. The minimum absolute atomic E-state index is 0.0264. The van der Waals surface area contributed by atoms with Crippen LogP contribution in [0.3, 0.4) is 0 Å². The molecular weight excluding hydrogens is 404 g/mol. The molecule has 5 saturated carbocycles. The van der Waals surface area contributed by atoms with Crippen LogP contribution in [-0.4, -0.2) is 46.3 Å². The van der Waals surface area contributed by atoms with Gasteiger partial charge in [-0.3, -0.25) is 9.59 Å². The van der Waals surface area contributed by atoms with E-state index in [1.807, 2.05) is 0 Å². The number of carbonyl (C=O) groups excluding carboxylic acids is 2. The quantitative estimate of drug-likeness (QED) is 0.534. The van der Waals surface area contributed by atoms with Crippen LogP contribution in [0, 0.1) is 33.5 Å². The number of fused-ring (bicyclic) bond motifs is 4. The van der Waals surface area contributed by atoms with Gasteiger partial charge in [-0.2, -0.15) is 0 Å². The van der Waals surface area contributed by atoms with Gasteiger partial charge in [0.1, 0.15) is 0 Å². The first kappa shape index (κ1) is 22.6. The van der Waals surface area contributed by atoms with Crippen LogP contribution in [-0.2, 0) is 9.59 Å². The molecule has 6 nitrogen and oxygen atoms in total. The summed E-state index contributed by atoms with van der Waals surface area (Å²) < 4.78 is 0. The molecule has 5 aliphatic rings. The predicted octanol–water partition coefficient (Wildman–Crippen LogP) is 2.90. The fourth-order valence-corrected chi connectivity index (χ4v) is 9.04. The third kappa shape index (κ3) is 2.65. The smallest absolute Gasteiger partial charge is 0.229 e. The van der Waals surface area contributed by atoms with Crippen LogP contribution in [0.5, 0.6) is 0 Å². The molecule has 0 heterocycles. The van der Waals surface area contributed by atoms with Gasteiger partial charge in [0, 0.05) is 12.1 Å². The molecule has 0 saturated heterocycles. The van der Waals surface area contributed by atoms with E-state index < -0.39 is 23.0 Å². The first-order chi connectivity index (χ1) is 15.0. The van der Waals surface area contributed by atoms with Gasteiger partial charge < -0.3 is 20.8 Å². The fourth-order valence-electron chi connectivity index (χ4n) is 9.04. The van der Waals surface area contributed by atoms with Crippen molar-refractivity contribution in [2.24, 2.45) is 33.5 Å². The van der Waals surface area contributed by atoms with Crippen LogP contribution in [0.2, 0.25) is 0 Å².